The van der Waals surface area contributed by atoms with E-state index in [4.69, 9.17) is 3.07 Å². The van der Waals surface area contributed by atoms with E-state index < -0.39 is 20.2 Å². The molecule has 0 fully saturated rings. The van der Waals surface area contributed by atoms with Crippen molar-refractivity contribution in [1.82, 2.24) is 0 Å². The Labute approximate surface area is 91.5 Å². The first-order valence-electron chi connectivity index (χ1n) is 5.82. The molecule has 0 saturated carbocycles. The van der Waals surface area contributed by atoms with Gasteiger partial charge in [-0.3, -0.25) is 0 Å². The van der Waals surface area contributed by atoms with Gasteiger partial charge in [0.1, 0.15) is 0 Å². The van der Waals surface area contributed by atoms with E-state index in [0.29, 0.717) is 0 Å². The molecule has 0 aromatic heterocycles. The Balaban J connectivity index is 3.41. The zero-order chi connectivity index (χ0) is 9.94. The molecule has 0 aliphatic carbocycles. The Morgan fingerprint density at radius 1 is 0.846 bits per heavy atom. The third-order valence-corrected chi connectivity index (χ3v) is 9.51. The van der Waals surface area contributed by atoms with Crippen LogP contribution in [0.15, 0.2) is 0 Å². The Kier molecular flexibility index (Phi) is 11.5. The molecule has 13 heavy (non-hydrogen) atoms. The van der Waals surface area contributed by atoms with Crippen LogP contribution in [0, 0.1) is 0 Å². The monoisotopic (exact) mass is 293 g/mol. The van der Waals surface area contributed by atoms with Gasteiger partial charge in [0.05, 0.1) is 0 Å². The summed E-state index contributed by atoms with van der Waals surface area (Å²) in [5.74, 6) is 0. The van der Waals surface area contributed by atoms with Crippen molar-refractivity contribution < 1.29 is 3.07 Å². The van der Waals surface area contributed by atoms with E-state index in [-0.39, 0.29) is 0 Å². The second-order valence-corrected chi connectivity index (χ2v) is 10.3. The molecule has 0 rings (SSSR count). The molecule has 0 unspecified atom stereocenters. The molecule has 0 aliphatic heterocycles. The topological polar surface area (TPSA) is 9.23 Å². The minimum absolute atomic E-state index is 1.05. The summed E-state index contributed by atoms with van der Waals surface area (Å²) in [5.41, 5.74) is 0. The Bertz CT molecular complexity index is 96.1. The molecule has 2 heteroatoms. The van der Waals surface area contributed by atoms with Gasteiger partial charge in [-0.25, -0.2) is 0 Å². The maximum absolute atomic E-state index is 6.02. The molecule has 0 aromatic carbocycles. The Morgan fingerprint density at radius 2 is 1.54 bits per heavy atom. The molecule has 0 heterocycles. The van der Waals surface area contributed by atoms with Crippen molar-refractivity contribution in [2.45, 2.75) is 61.7 Å². The summed E-state index contributed by atoms with van der Waals surface area (Å²) in [6.07, 6.45) is 6.62. The van der Waals surface area contributed by atoms with Gasteiger partial charge in [0.2, 0.25) is 0 Å². The van der Waals surface area contributed by atoms with E-state index in [1.165, 1.54) is 41.0 Å². The molecule has 0 atom stereocenters. The fourth-order valence-electron chi connectivity index (χ4n) is 1.28. The molecule has 1 radical (unpaired) electrons. The van der Waals surface area contributed by atoms with Gasteiger partial charge >= 0.3 is 91.6 Å². The summed E-state index contributed by atoms with van der Waals surface area (Å²) in [6, 6.07) is 0. The third-order valence-electron chi connectivity index (χ3n) is 2.14. The predicted molar refractivity (Wildman–Crippen MR) is 61.4 cm³/mol. The predicted octanol–water partition coefficient (Wildman–Crippen LogP) is 4.00. The van der Waals surface area contributed by atoms with Gasteiger partial charge in [-0.15, -0.1) is 0 Å². The van der Waals surface area contributed by atoms with E-state index in [1.54, 1.807) is 0 Å². The number of rotatable bonds is 9. The van der Waals surface area contributed by atoms with E-state index in [1.807, 2.05) is 0 Å². The molecular formula is C11H25OSn. The van der Waals surface area contributed by atoms with Crippen LogP contribution in [-0.2, 0) is 3.07 Å². The molecule has 79 valence electrons. The summed E-state index contributed by atoms with van der Waals surface area (Å²) in [4.78, 5) is 0. The summed E-state index contributed by atoms with van der Waals surface area (Å²) in [6.45, 7) is 7.85. The van der Waals surface area contributed by atoms with E-state index in [9.17, 15) is 0 Å². The van der Waals surface area contributed by atoms with Gasteiger partial charge < -0.3 is 0 Å². The average Bonchev–Trinajstić information content (AvgIpc) is 2.14. The molecule has 0 aliphatic rings. The van der Waals surface area contributed by atoms with Gasteiger partial charge in [-0.05, 0) is 0 Å². The fraction of sp³-hybridized carbons (Fsp3) is 1.00. The molecular weight excluding hydrogens is 267 g/mol. The number of unbranched alkanes of at least 4 members (excludes halogenated alkanes) is 2. The average molecular weight is 292 g/mol. The first kappa shape index (κ1) is 13.8. The van der Waals surface area contributed by atoms with Gasteiger partial charge in [0, 0.05) is 0 Å². The van der Waals surface area contributed by atoms with Crippen LogP contribution in [0.2, 0.25) is 8.87 Å². The first-order chi connectivity index (χ1) is 6.35. The first-order valence-corrected chi connectivity index (χ1v) is 11.0. The molecule has 1 nitrogen and oxygen atoms in total. The summed E-state index contributed by atoms with van der Waals surface area (Å²) < 4.78 is 8.91. The Morgan fingerprint density at radius 3 is 2.08 bits per heavy atom. The van der Waals surface area contributed by atoms with E-state index >= 15 is 0 Å². The van der Waals surface area contributed by atoms with Crippen LogP contribution in [0.4, 0.5) is 0 Å². The van der Waals surface area contributed by atoms with Crippen molar-refractivity contribution in [2.75, 3.05) is 6.61 Å². The third kappa shape index (κ3) is 9.07. The van der Waals surface area contributed by atoms with Crippen molar-refractivity contribution in [3.05, 3.63) is 0 Å². The van der Waals surface area contributed by atoms with Gasteiger partial charge in [-0.1, -0.05) is 0 Å². The van der Waals surface area contributed by atoms with Gasteiger partial charge in [0.25, 0.3) is 0 Å². The van der Waals surface area contributed by atoms with Crippen LogP contribution < -0.4 is 0 Å². The number of hydrogen-bond acceptors (Lipinski definition) is 1. The van der Waals surface area contributed by atoms with Crippen LogP contribution in [-0.4, -0.2) is 26.8 Å². The zero-order valence-electron chi connectivity index (χ0n) is 9.57. The van der Waals surface area contributed by atoms with Crippen LogP contribution in [0.1, 0.15) is 52.9 Å². The van der Waals surface area contributed by atoms with Crippen LogP contribution >= 0.6 is 0 Å². The normalized spacial score (nSPS) is 11.1. The van der Waals surface area contributed by atoms with Crippen LogP contribution in [0.25, 0.3) is 0 Å². The van der Waals surface area contributed by atoms with Crippen LogP contribution in [0.3, 0.4) is 0 Å². The van der Waals surface area contributed by atoms with Crippen molar-refractivity contribution in [3.8, 4) is 0 Å². The maximum atomic E-state index is 6.02. The van der Waals surface area contributed by atoms with Gasteiger partial charge in [-0.2, -0.15) is 0 Å². The second-order valence-electron chi connectivity index (χ2n) is 3.59. The van der Waals surface area contributed by atoms with Gasteiger partial charge in [0.15, 0.2) is 0 Å². The minimum atomic E-state index is -1.33. The van der Waals surface area contributed by atoms with Crippen molar-refractivity contribution >= 4 is 20.2 Å². The summed E-state index contributed by atoms with van der Waals surface area (Å²) in [5, 5.41) is 0. The summed E-state index contributed by atoms with van der Waals surface area (Å²) in [7, 11) is 0. The fourth-order valence-corrected chi connectivity index (χ4v) is 7.78. The zero-order valence-corrected chi connectivity index (χ0v) is 12.4. The molecule has 0 N–H and O–H groups in total. The standard InChI is InChI=1S/C4H9O.C4H9.C3H7.Sn/c1-2-3-4-5;1-3-4-2;1-3-2;/h2-4H2,1H3;1,3-4H2,2H3;1,3H2,2H3;/q-1;;;+1. The van der Waals surface area contributed by atoms with E-state index in [2.05, 4.69) is 20.8 Å². The molecule has 0 amide bonds. The van der Waals surface area contributed by atoms with Crippen molar-refractivity contribution in [1.29, 1.82) is 0 Å². The quantitative estimate of drug-likeness (QED) is 0.461. The number of hydrogen-bond donors (Lipinski definition) is 0. The Hall–Kier alpha value is 0.759. The molecule has 0 bridgehead atoms. The summed E-state index contributed by atoms with van der Waals surface area (Å²) >= 11 is -1.33. The molecule has 0 saturated heterocycles. The van der Waals surface area contributed by atoms with Crippen molar-refractivity contribution in [2.24, 2.45) is 0 Å². The van der Waals surface area contributed by atoms with E-state index in [0.717, 1.165) is 6.61 Å². The van der Waals surface area contributed by atoms with Crippen LogP contribution in [0.5, 0.6) is 0 Å². The molecule has 0 aromatic rings. The SMILES string of the molecule is CCCC[O][Sn]([CH2]CC)[CH2]CCC. The molecule has 0 spiro atoms. The van der Waals surface area contributed by atoms with Crippen molar-refractivity contribution in [3.63, 3.8) is 0 Å². The second kappa shape index (κ2) is 10.8.